The predicted molar refractivity (Wildman–Crippen MR) is 75.3 cm³/mol. The first kappa shape index (κ1) is 15.6. The van der Waals surface area contributed by atoms with Gasteiger partial charge in [-0.2, -0.15) is 0 Å². The lowest BCUT2D eigenvalue weighted by Crippen LogP contribution is -2.17. The maximum Gasteiger partial charge on any atom is 0.157 e. The Morgan fingerprint density at radius 2 is 1.71 bits per heavy atom. The Morgan fingerprint density at radius 1 is 1.05 bits per heavy atom. The van der Waals surface area contributed by atoms with Gasteiger partial charge in [-0.3, -0.25) is 0 Å². The van der Waals surface area contributed by atoms with Crippen molar-refractivity contribution in [1.82, 2.24) is 0 Å². The lowest BCUT2D eigenvalue weighted by Gasteiger charge is -2.12. The highest BCUT2D eigenvalue weighted by atomic mass is 32.2. The quantitative estimate of drug-likeness (QED) is 0.923. The molecule has 0 aliphatic carbocycles. The van der Waals surface area contributed by atoms with E-state index < -0.39 is 33.3 Å². The molecule has 0 saturated heterocycles. The summed E-state index contributed by atoms with van der Waals surface area (Å²) < 4.78 is 50.6. The van der Waals surface area contributed by atoms with Crippen LogP contribution in [0.1, 0.15) is 17.2 Å². The van der Waals surface area contributed by atoms with E-state index >= 15 is 0 Å². The standard InChI is InChI=1S/C15H14F2O3S/c16-12-6-7-14(17)13(8-12)15(18)10-21(19,20)9-11-4-2-1-3-5-11/h1-8,15,18H,9-10H2. The van der Waals surface area contributed by atoms with Crippen LogP contribution in [-0.4, -0.2) is 19.3 Å². The van der Waals surface area contributed by atoms with Gasteiger partial charge in [0.25, 0.3) is 0 Å². The number of aliphatic hydroxyl groups excluding tert-OH is 1. The topological polar surface area (TPSA) is 54.4 Å². The molecule has 2 aromatic rings. The molecule has 0 radical (unpaired) electrons. The highest BCUT2D eigenvalue weighted by molar-refractivity contribution is 7.90. The molecular weight excluding hydrogens is 298 g/mol. The largest absolute Gasteiger partial charge is 0.387 e. The normalized spacial score (nSPS) is 13.1. The highest BCUT2D eigenvalue weighted by Gasteiger charge is 2.22. The van der Waals surface area contributed by atoms with Gasteiger partial charge in [0.1, 0.15) is 11.6 Å². The molecular formula is C15H14F2O3S. The van der Waals surface area contributed by atoms with Crippen LogP contribution in [0.5, 0.6) is 0 Å². The molecule has 0 aliphatic heterocycles. The van der Waals surface area contributed by atoms with E-state index in [0.29, 0.717) is 5.56 Å². The predicted octanol–water partition coefficient (Wildman–Crippen LogP) is 2.61. The second-order valence-corrected chi connectivity index (χ2v) is 6.83. The van der Waals surface area contributed by atoms with Gasteiger partial charge in [-0.05, 0) is 23.8 Å². The van der Waals surface area contributed by atoms with E-state index in [-0.39, 0.29) is 11.3 Å². The van der Waals surface area contributed by atoms with E-state index in [1.165, 1.54) is 0 Å². The molecule has 3 nitrogen and oxygen atoms in total. The maximum atomic E-state index is 13.5. The summed E-state index contributed by atoms with van der Waals surface area (Å²) in [5, 5.41) is 9.85. The zero-order valence-electron chi connectivity index (χ0n) is 11.0. The number of hydrogen-bond acceptors (Lipinski definition) is 3. The smallest absolute Gasteiger partial charge is 0.157 e. The van der Waals surface area contributed by atoms with E-state index in [4.69, 9.17) is 0 Å². The minimum absolute atomic E-state index is 0.262. The van der Waals surface area contributed by atoms with Crippen molar-refractivity contribution in [1.29, 1.82) is 0 Å². The van der Waals surface area contributed by atoms with Crippen molar-refractivity contribution in [3.8, 4) is 0 Å². The molecule has 0 saturated carbocycles. The van der Waals surface area contributed by atoms with Gasteiger partial charge in [0, 0.05) is 5.56 Å². The van der Waals surface area contributed by atoms with Crippen LogP contribution in [0.15, 0.2) is 48.5 Å². The van der Waals surface area contributed by atoms with Crippen LogP contribution in [-0.2, 0) is 15.6 Å². The van der Waals surface area contributed by atoms with Gasteiger partial charge < -0.3 is 5.11 Å². The van der Waals surface area contributed by atoms with Crippen LogP contribution in [0.2, 0.25) is 0 Å². The van der Waals surface area contributed by atoms with Crippen molar-refractivity contribution in [3.63, 3.8) is 0 Å². The van der Waals surface area contributed by atoms with Crippen LogP contribution in [0.4, 0.5) is 8.78 Å². The maximum absolute atomic E-state index is 13.5. The molecule has 0 fully saturated rings. The van der Waals surface area contributed by atoms with E-state index in [1.54, 1.807) is 30.3 Å². The minimum Gasteiger partial charge on any atom is -0.387 e. The summed E-state index contributed by atoms with van der Waals surface area (Å²) in [4.78, 5) is 0. The molecule has 1 N–H and O–H groups in total. The molecule has 0 amide bonds. The Kier molecular flexibility index (Phi) is 4.69. The number of aliphatic hydroxyl groups is 1. The summed E-state index contributed by atoms with van der Waals surface area (Å²) in [5.41, 5.74) is 0.219. The molecule has 2 rings (SSSR count). The molecule has 2 aromatic carbocycles. The van der Waals surface area contributed by atoms with E-state index in [1.807, 2.05) is 0 Å². The SMILES string of the molecule is O=S(=O)(Cc1ccccc1)CC(O)c1cc(F)ccc1F. The van der Waals surface area contributed by atoms with Gasteiger partial charge in [-0.1, -0.05) is 30.3 Å². The molecule has 6 heteroatoms. The zero-order valence-corrected chi connectivity index (χ0v) is 11.9. The third-order valence-corrected chi connectivity index (χ3v) is 4.56. The first-order valence-corrected chi connectivity index (χ1v) is 8.07. The van der Waals surface area contributed by atoms with Crippen molar-refractivity contribution in [2.75, 3.05) is 5.75 Å². The number of hydrogen-bond donors (Lipinski definition) is 1. The summed E-state index contributed by atoms with van der Waals surface area (Å²) in [5.74, 6) is -2.49. The number of benzene rings is 2. The third kappa shape index (κ3) is 4.34. The van der Waals surface area contributed by atoms with Crippen LogP contribution in [0.25, 0.3) is 0 Å². The Hall–Kier alpha value is -1.79. The molecule has 0 aromatic heterocycles. The fourth-order valence-electron chi connectivity index (χ4n) is 1.99. The van der Waals surface area contributed by atoms with Gasteiger partial charge in [0.05, 0.1) is 17.6 Å². The molecule has 21 heavy (non-hydrogen) atoms. The first-order valence-electron chi connectivity index (χ1n) is 6.25. The Balaban J connectivity index is 2.14. The summed E-state index contributed by atoms with van der Waals surface area (Å²) in [6.07, 6.45) is -1.60. The van der Waals surface area contributed by atoms with E-state index in [0.717, 1.165) is 18.2 Å². The lowest BCUT2D eigenvalue weighted by atomic mass is 10.1. The van der Waals surface area contributed by atoms with Gasteiger partial charge in [0.2, 0.25) is 0 Å². The van der Waals surface area contributed by atoms with Crippen molar-refractivity contribution >= 4 is 9.84 Å². The average molecular weight is 312 g/mol. The van der Waals surface area contributed by atoms with E-state index in [9.17, 15) is 22.3 Å². The molecule has 112 valence electrons. The Bertz CT molecular complexity index is 715. The summed E-state index contributed by atoms with van der Waals surface area (Å²) >= 11 is 0. The average Bonchev–Trinajstić information content (AvgIpc) is 2.41. The van der Waals surface area contributed by atoms with Crippen LogP contribution < -0.4 is 0 Å². The molecule has 0 heterocycles. The molecule has 1 unspecified atom stereocenters. The van der Waals surface area contributed by atoms with Gasteiger partial charge >= 0.3 is 0 Å². The number of halogens is 2. The molecule has 0 bridgehead atoms. The van der Waals surface area contributed by atoms with Crippen molar-refractivity contribution in [2.45, 2.75) is 11.9 Å². The van der Waals surface area contributed by atoms with Gasteiger partial charge in [0.15, 0.2) is 9.84 Å². The second-order valence-electron chi connectivity index (χ2n) is 4.72. The summed E-state index contributed by atoms with van der Waals surface area (Å²) in [7, 11) is -3.65. The van der Waals surface area contributed by atoms with Crippen molar-refractivity contribution < 1.29 is 22.3 Å². The van der Waals surface area contributed by atoms with Crippen molar-refractivity contribution in [3.05, 3.63) is 71.3 Å². The van der Waals surface area contributed by atoms with Crippen molar-refractivity contribution in [2.24, 2.45) is 0 Å². The zero-order chi connectivity index (χ0) is 15.5. The minimum atomic E-state index is -3.65. The van der Waals surface area contributed by atoms with E-state index in [2.05, 4.69) is 0 Å². The number of sulfone groups is 1. The monoisotopic (exact) mass is 312 g/mol. The van der Waals surface area contributed by atoms with Crippen LogP contribution in [0, 0.1) is 11.6 Å². The Morgan fingerprint density at radius 3 is 2.38 bits per heavy atom. The fraction of sp³-hybridized carbons (Fsp3) is 0.200. The molecule has 0 spiro atoms. The van der Waals surface area contributed by atoms with Crippen LogP contribution in [0.3, 0.4) is 0 Å². The lowest BCUT2D eigenvalue weighted by molar-refractivity contribution is 0.196. The van der Waals surface area contributed by atoms with Crippen LogP contribution >= 0.6 is 0 Å². The summed E-state index contributed by atoms with van der Waals surface area (Å²) in [6.45, 7) is 0. The molecule has 0 aliphatic rings. The Labute approximate surface area is 121 Å². The van der Waals surface area contributed by atoms with Gasteiger partial charge in [-0.15, -0.1) is 0 Å². The third-order valence-electron chi connectivity index (χ3n) is 2.96. The highest BCUT2D eigenvalue weighted by Crippen LogP contribution is 2.21. The first-order chi connectivity index (χ1) is 9.87. The fourth-order valence-corrected chi connectivity index (χ4v) is 3.47. The molecule has 1 atom stereocenters. The second kappa shape index (κ2) is 6.32. The summed E-state index contributed by atoms with van der Waals surface area (Å²) in [6, 6.07) is 11.0. The van der Waals surface area contributed by atoms with Gasteiger partial charge in [-0.25, -0.2) is 17.2 Å². The number of rotatable bonds is 5.